The van der Waals surface area contributed by atoms with Gasteiger partial charge in [0.15, 0.2) is 5.96 Å². The van der Waals surface area contributed by atoms with Gasteiger partial charge in [0.05, 0.1) is 0 Å². The topological polar surface area (TPSA) is 51.2 Å². The second kappa shape index (κ2) is 8.74. The maximum atomic E-state index is 11.8. The number of nitrogens with one attached hydrogen (secondary N) is 1. The van der Waals surface area contributed by atoms with Crippen LogP contribution >= 0.6 is 0 Å². The Morgan fingerprint density at radius 2 is 1.84 bits per heavy atom. The van der Waals surface area contributed by atoms with Crippen LogP contribution in [0, 0.1) is 13.8 Å². The lowest BCUT2D eigenvalue weighted by Crippen LogP contribution is -2.52. The van der Waals surface area contributed by atoms with Gasteiger partial charge in [-0.15, -0.1) is 0 Å². The van der Waals surface area contributed by atoms with Gasteiger partial charge in [-0.2, -0.15) is 0 Å². The van der Waals surface area contributed by atoms with Gasteiger partial charge in [0.1, 0.15) is 6.54 Å². The number of guanidine groups is 1. The molecule has 0 atom stereocenters. The number of rotatable bonds is 4. The van der Waals surface area contributed by atoms with Crippen LogP contribution in [0.3, 0.4) is 0 Å². The Labute approximate surface area is 151 Å². The molecule has 1 aromatic carbocycles. The van der Waals surface area contributed by atoms with Gasteiger partial charge < -0.3 is 20.0 Å². The van der Waals surface area contributed by atoms with Crippen molar-refractivity contribution in [2.24, 2.45) is 4.99 Å². The van der Waals surface area contributed by atoms with Gasteiger partial charge in [-0.3, -0.25) is 4.79 Å². The molecule has 0 radical (unpaired) electrons. The number of carbonyl (C=O) groups is 1. The summed E-state index contributed by atoms with van der Waals surface area (Å²) in [4.78, 5) is 22.5. The fourth-order valence-corrected chi connectivity index (χ4v) is 2.81. The first kappa shape index (κ1) is 19.1. The summed E-state index contributed by atoms with van der Waals surface area (Å²) < 4.78 is 0. The molecule has 0 aromatic heterocycles. The first-order chi connectivity index (χ1) is 11.9. The summed E-state index contributed by atoms with van der Waals surface area (Å²) >= 11 is 0. The van der Waals surface area contributed by atoms with Crippen molar-refractivity contribution in [3.63, 3.8) is 0 Å². The molecular weight excluding hydrogens is 314 g/mol. The van der Waals surface area contributed by atoms with Crippen LogP contribution in [-0.2, 0) is 4.79 Å². The minimum atomic E-state index is 0.0177. The van der Waals surface area contributed by atoms with Crippen LogP contribution in [0.25, 0.3) is 0 Å². The normalized spacial score (nSPS) is 15.3. The maximum absolute atomic E-state index is 11.8. The van der Waals surface area contributed by atoms with E-state index >= 15 is 0 Å². The number of piperazine rings is 1. The van der Waals surface area contributed by atoms with E-state index in [-0.39, 0.29) is 12.5 Å². The van der Waals surface area contributed by atoms with E-state index in [4.69, 9.17) is 0 Å². The average molecular weight is 345 g/mol. The molecule has 25 heavy (non-hydrogen) atoms. The van der Waals surface area contributed by atoms with E-state index in [1.54, 1.807) is 19.0 Å². The molecule has 0 unspecified atom stereocenters. The zero-order valence-electron chi connectivity index (χ0n) is 16.2. The van der Waals surface area contributed by atoms with Crippen LogP contribution in [0.4, 0.5) is 5.69 Å². The number of benzene rings is 1. The first-order valence-electron chi connectivity index (χ1n) is 8.98. The minimum absolute atomic E-state index is 0.0177. The molecule has 0 bridgehead atoms. The van der Waals surface area contributed by atoms with Crippen LogP contribution in [0.1, 0.15) is 18.1 Å². The lowest BCUT2D eigenvalue weighted by molar-refractivity contribution is -0.127. The second-order valence-electron chi connectivity index (χ2n) is 6.70. The maximum Gasteiger partial charge on any atom is 0.243 e. The van der Waals surface area contributed by atoms with Crippen molar-refractivity contribution in [2.75, 3.05) is 58.3 Å². The second-order valence-corrected chi connectivity index (χ2v) is 6.70. The van der Waals surface area contributed by atoms with Gasteiger partial charge in [0.25, 0.3) is 0 Å². The highest BCUT2D eigenvalue weighted by Gasteiger charge is 2.20. The molecule has 1 aliphatic rings. The summed E-state index contributed by atoms with van der Waals surface area (Å²) in [6, 6.07) is 6.66. The van der Waals surface area contributed by atoms with E-state index in [9.17, 15) is 4.79 Å². The average Bonchev–Trinajstić information content (AvgIpc) is 2.60. The molecule has 138 valence electrons. The van der Waals surface area contributed by atoms with Gasteiger partial charge in [0.2, 0.25) is 5.91 Å². The van der Waals surface area contributed by atoms with E-state index in [1.165, 1.54) is 16.8 Å². The molecule has 0 spiro atoms. The van der Waals surface area contributed by atoms with Crippen LogP contribution < -0.4 is 10.2 Å². The molecule has 1 aliphatic heterocycles. The summed E-state index contributed by atoms with van der Waals surface area (Å²) in [5, 5.41) is 3.30. The third-order valence-electron chi connectivity index (χ3n) is 4.63. The molecule has 1 aromatic rings. The van der Waals surface area contributed by atoms with Crippen molar-refractivity contribution in [3.8, 4) is 0 Å². The van der Waals surface area contributed by atoms with Crippen molar-refractivity contribution >= 4 is 17.6 Å². The fraction of sp³-hybridized carbons (Fsp3) is 0.579. The highest BCUT2D eigenvalue weighted by atomic mass is 16.2. The van der Waals surface area contributed by atoms with Crippen LogP contribution in [0.5, 0.6) is 0 Å². The molecule has 1 fully saturated rings. The summed E-state index contributed by atoms with van der Waals surface area (Å²) in [6.07, 6.45) is 0. The van der Waals surface area contributed by atoms with Crippen LogP contribution in [-0.4, -0.2) is 75.0 Å². The largest absolute Gasteiger partial charge is 0.368 e. The third-order valence-corrected chi connectivity index (χ3v) is 4.63. The highest BCUT2D eigenvalue weighted by Crippen LogP contribution is 2.20. The number of aryl methyl sites for hydroxylation is 2. The Morgan fingerprint density at radius 3 is 2.40 bits per heavy atom. The van der Waals surface area contributed by atoms with Gasteiger partial charge in [0, 0.05) is 52.5 Å². The first-order valence-corrected chi connectivity index (χ1v) is 8.98. The number of carbonyl (C=O) groups excluding carboxylic acids is 1. The molecule has 6 heteroatoms. The Balaban J connectivity index is 1.99. The summed E-state index contributed by atoms with van der Waals surface area (Å²) in [5.41, 5.74) is 3.94. The standard InChI is InChI=1S/C19H31N5O/c1-6-20-19(21-14-18(25)22(4)5)24-11-9-23(10-12-24)17-8-7-15(2)16(3)13-17/h7-8,13H,6,9-12,14H2,1-5H3,(H,20,21). The predicted octanol–water partition coefficient (Wildman–Crippen LogP) is 1.48. The van der Waals surface area contributed by atoms with Crippen molar-refractivity contribution in [1.29, 1.82) is 0 Å². The van der Waals surface area contributed by atoms with Gasteiger partial charge in [-0.1, -0.05) is 6.07 Å². The molecule has 0 saturated carbocycles. The third kappa shape index (κ3) is 5.11. The molecule has 2 rings (SSSR count). The van der Waals surface area contributed by atoms with E-state index in [0.29, 0.717) is 0 Å². The Morgan fingerprint density at radius 1 is 1.16 bits per heavy atom. The minimum Gasteiger partial charge on any atom is -0.368 e. The quantitative estimate of drug-likeness (QED) is 0.663. The Hall–Kier alpha value is -2.24. The monoisotopic (exact) mass is 345 g/mol. The van der Waals surface area contributed by atoms with E-state index in [2.05, 4.69) is 59.1 Å². The number of aliphatic imine (C=N–C) groups is 1. The molecule has 6 nitrogen and oxygen atoms in total. The van der Waals surface area contributed by atoms with E-state index in [0.717, 1.165) is 38.7 Å². The van der Waals surface area contributed by atoms with Crippen molar-refractivity contribution in [2.45, 2.75) is 20.8 Å². The Bertz CT molecular complexity index is 618. The van der Waals surface area contributed by atoms with Gasteiger partial charge in [-0.05, 0) is 44.0 Å². The van der Waals surface area contributed by atoms with Gasteiger partial charge in [-0.25, -0.2) is 4.99 Å². The number of anilines is 1. The zero-order valence-corrected chi connectivity index (χ0v) is 16.2. The van der Waals surface area contributed by atoms with Crippen molar-refractivity contribution in [3.05, 3.63) is 29.3 Å². The lowest BCUT2D eigenvalue weighted by atomic mass is 10.1. The van der Waals surface area contributed by atoms with Gasteiger partial charge >= 0.3 is 0 Å². The Kier molecular flexibility index (Phi) is 6.67. The van der Waals surface area contributed by atoms with Crippen LogP contribution in [0.2, 0.25) is 0 Å². The summed E-state index contributed by atoms with van der Waals surface area (Å²) in [7, 11) is 3.51. The predicted molar refractivity (Wildman–Crippen MR) is 104 cm³/mol. The van der Waals surface area contributed by atoms with Crippen molar-refractivity contribution < 1.29 is 4.79 Å². The number of hydrogen-bond donors (Lipinski definition) is 1. The molecule has 1 amide bonds. The molecule has 1 saturated heterocycles. The fourth-order valence-electron chi connectivity index (χ4n) is 2.81. The number of likely N-dealkylation sites (N-methyl/N-ethyl adjacent to an activating group) is 1. The van der Waals surface area contributed by atoms with Crippen LogP contribution in [0.15, 0.2) is 23.2 Å². The summed E-state index contributed by atoms with van der Waals surface area (Å²) in [5.74, 6) is 0.849. The summed E-state index contributed by atoms with van der Waals surface area (Å²) in [6.45, 7) is 11.0. The zero-order chi connectivity index (χ0) is 18.4. The molecular formula is C19H31N5O. The number of amides is 1. The van der Waals surface area contributed by atoms with Crippen molar-refractivity contribution in [1.82, 2.24) is 15.1 Å². The lowest BCUT2D eigenvalue weighted by Gasteiger charge is -2.38. The number of hydrogen-bond acceptors (Lipinski definition) is 3. The number of nitrogens with zero attached hydrogens (tertiary/aromatic N) is 4. The highest BCUT2D eigenvalue weighted by molar-refractivity contribution is 5.85. The SMILES string of the molecule is CCNC(=NCC(=O)N(C)C)N1CCN(c2ccc(C)c(C)c2)CC1. The molecule has 0 aliphatic carbocycles. The molecule has 1 heterocycles. The smallest absolute Gasteiger partial charge is 0.243 e. The van der Waals surface area contributed by atoms with E-state index in [1.807, 2.05) is 0 Å². The molecule has 1 N–H and O–H groups in total. The van der Waals surface area contributed by atoms with E-state index < -0.39 is 0 Å².